The Morgan fingerprint density at radius 2 is 1.97 bits per heavy atom. The van der Waals surface area contributed by atoms with Crippen LogP contribution >= 0.6 is 0 Å². The second-order valence-electron chi connectivity index (χ2n) is 8.25. The molecule has 3 nitrogen and oxygen atoms in total. The molecule has 2 unspecified atom stereocenters. The molecule has 0 spiro atoms. The van der Waals surface area contributed by atoms with E-state index in [2.05, 4.69) is 44.2 Å². The standard InChI is InChI=1S/C19H27N.C7H12O2/c1-3-4-5-6-15(2)17-9-11-18(12-10-17)19-8-7-16(13-19)14-20;1-2-3-4-5-6-7(8)9/h9-12,15-16,19H,3-8,13H2,1-2H3;2-3H,4-6H2,1H3,(H,8,9)/b;3-2-/t15?,16?,19-;/m0./s1. The molecule has 1 saturated carbocycles. The molecule has 3 atom stereocenters. The van der Waals surface area contributed by atoms with Crippen molar-refractivity contribution in [3.8, 4) is 6.07 Å². The third-order valence-electron chi connectivity index (χ3n) is 5.83. The first-order chi connectivity index (χ1) is 14.0. The van der Waals surface area contributed by atoms with Crippen LogP contribution in [0.5, 0.6) is 0 Å². The van der Waals surface area contributed by atoms with Crippen molar-refractivity contribution in [2.45, 2.75) is 96.8 Å². The lowest BCUT2D eigenvalue weighted by Gasteiger charge is -2.14. The molecule has 1 aromatic carbocycles. The van der Waals surface area contributed by atoms with Gasteiger partial charge in [-0.1, -0.05) is 69.5 Å². The lowest BCUT2D eigenvalue weighted by molar-refractivity contribution is -0.137. The van der Waals surface area contributed by atoms with E-state index in [1.807, 2.05) is 19.1 Å². The number of unbranched alkanes of at least 4 members (excludes halogenated alkanes) is 3. The Morgan fingerprint density at radius 3 is 2.52 bits per heavy atom. The molecule has 0 amide bonds. The molecule has 0 radical (unpaired) electrons. The van der Waals surface area contributed by atoms with Crippen LogP contribution in [0.4, 0.5) is 0 Å². The number of aliphatic carboxylic acids is 1. The van der Waals surface area contributed by atoms with E-state index >= 15 is 0 Å². The first kappa shape index (κ1) is 25.0. The quantitative estimate of drug-likeness (QED) is 0.326. The van der Waals surface area contributed by atoms with E-state index in [-0.39, 0.29) is 12.3 Å². The van der Waals surface area contributed by atoms with Gasteiger partial charge in [0, 0.05) is 12.3 Å². The Bertz CT molecular complexity index is 642. The Labute approximate surface area is 177 Å². The summed E-state index contributed by atoms with van der Waals surface area (Å²) in [7, 11) is 0. The number of nitrogens with zero attached hydrogens (tertiary/aromatic N) is 1. The average molecular weight is 398 g/mol. The minimum absolute atomic E-state index is 0.282. The SMILES string of the molecule is C/C=C\CCCC(=O)O.CCCCCC(C)c1ccc([C@H]2CCC(C#N)C2)cc1. The van der Waals surface area contributed by atoms with Gasteiger partial charge < -0.3 is 5.11 Å². The van der Waals surface area contributed by atoms with Crippen molar-refractivity contribution in [1.29, 1.82) is 5.26 Å². The first-order valence-electron chi connectivity index (χ1n) is 11.3. The molecule has 1 aliphatic rings. The zero-order chi connectivity index (χ0) is 21.5. The van der Waals surface area contributed by atoms with Gasteiger partial charge in [0.05, 0.1) is 6.07 Å². The molecule has 1 fully saturated rings. The van der Waals surface area contributed by atoms with Crippen LogP contribution in [0.2, 0.25) is 0 Å². The summed E-state index contributed by atoms with van der Waals surface area (Å²) in [5.41, 5.74) is 2.91. The molecule has 0 bridgehead atoms. The second kappa shape index (κ2) is 14.9. The number of allylic oxidation sites excluding steroid dienone is 2. The fourth-order valence-corrected chi connectivity index (χ4v) is 3.90. The van der Waals surface area contributed by atoms with Crippen molar-refractivity contribution in [1.82, 2.24) is 0 Å². The van der Waals surface area contributed by atoms with Crippen LogP contribution in [0.1, 0.15) is 108 Å². The van der Waals surface area contributed by atoms with Crippen molar-refractivity contribution in [2.75, 3.05) is 0 Å². The van der Waals surface area contributed by atoms with Crippen LogP contribution in [-0.4, -0.2) is 11.1 Å². The molecule has 1 N–H and O–H groups in total. The molecule has 1 aromatic rings. The van der Waals surface area contributed by atoms with Gasteiger partial charge in [0.2, 0.25) is 0 Å². The van der Waals surface area contributed by atoms with Crippen LogP contribution in [-0.2, 0) is 4.79 Å². The minimum atomic E-state index is -0.709. The van der Waals surface area contributed by atoms with Gasteiger partial charge in [-0.3, -0.25) is 4.79 Å². The molecule has 0 saturated heterocycles. The van der Waals surface area contributed by atoms with Gasteiger partial charge in [0.1, 0.15) is 0 Å². The molecule has 160 valence electrons. The highest BCUT2D eigenvalue weighted by Gasteiger charge is 2.25. The van der Waals surface area contributed by atoms with Gasteiger partial charge in [-0.15, -0.1) is 0 Å². The molecule has 1 aliphatic carbocycles. The lowest BCUT2D eigenvalue weighted by atomic mass is 9.91. The molecule has 0 aliphatic heterocycles. The monoisotopic (exact) mass is 397 g/mol. The van der Waals surface area contributed by atoms with Gasteiger partial charge in [0.25, 0.3) is 0 Å². The molecule has 0 heterocycles. The van der Waals surface area contributed by atoms with Crippen molar-refractivity contribution in [2.24, 2.45) is 5.92 Å². The normalized spacial score (nSPS) is 19.4. The lowest BCUT2D eigenvalue weighted by Crippen LogP contribution is -1.97. The first-order valence-corrected chi connectivity index (χ1v) is 11.3. The summed E-state index contributed by atoms with van der Waals surface area (Å²) < 4.78 is 0. The third kappa shape index (κ3) is 10.3. The van der Waals surface area contributed by atoms with Crippen LogP contribution < -0.4 is 0 Å². The summed E-state index contributed by atoms with van der Waals surface area (Å²) in [5, 5.41) is 17.2. The van der Waals surface area contributed by atoms with Gasteiger partial charge in [-0.2, -0.15) is 5.26 Å². The third-order valence-corrected chi connectivity index (χ3v) is 5.83. The number of benzene rings is 1. The highest BCUT2D eigenvalue weighted by molar-refractivity contribution is 5.66. The summed E-state index contributed by atoms with van der Waals surface area (Å²) in [6.45, 7) is 6.53. The number of carboxylic acid groups (broad SMARTS) is 1. The summed E-state index contributed by atoms with van der Waals surface area (Å²) in [4.78, 5) is 9.94. The Balaban J connectivity index is 0.000000396. The number of hydrogen-bond acceptors (Lipinski definition) is 2. The van der Waals surface area contributed by atoms with E-state index in [9.17, 15) is 4.79 Å². The van der Waals surface area contributed by atoms with Crippen LogP contribution in [0.3, 0.4) is 0 Å². The van der Waals surface area contributed by atoms with E-state index in [4.69, 9.17) is 10.4 Å². The zero-order valence-corrected chi connectivity index (χ0v) is 18.6. The number of hydrogen-bond donors (Lipinski definition) is 1. The van der Waals surface area contributed by atoms with E-state index in [1.54, 1.807) is 0 Å². The predicted octanol–water partition coefficient (Wildman–Crippen LogP) is 7.60. The zero-order valence-electron chi connectivity index (χ0n) is 18.6. The molecular formula is C26H39NO2. The molecule has 3 heteroatoms. The maximum atomic E-state index is 9.94. The van der Waals surface area contributed by atoms with Crippen molar-refractivity contribution < 1.29 is 9.90 Å². The maximum absolute atomic E-state index is 9.94. The highest BCUT2D eigenvalue weighted by atomic mass is 16.4. The van der Waals surface area contributed by atoms with E-state index in [0.717, 1.165) is 25.7 Å². The smallest absolute Gasteiger partial charge is 0.303 e. The van der Waals surface area contributed by atoms with E-state index in [0.29, 0.717) is 11.8 Å². The van der Waals surface area contributed by atoms with Gasteiger partial charge >= 0.3 is 5.97 Å². The topological polar surface area (TPSA) is 61.1 Å². The molecule has 0 aromatic heterocycles. The number of carbonyl (C=O) groups is 1. The molecule has 2 rings (SSSR count). The number of carboxylic acids is 1. The van der Waals surface area contributed by atoms with Gasteiger partial charge in [0.15, 0.2) is 0 Å². The Kier molecular flexibility index (Phi) is 12.8. The fourth-order valence-electron chi connectivity index (χ4n) is 3.90. The van der Waals surface area contributed by atoms with Gasteiger partial charge in [-0.05, 0) is 68.4 Å². The average Bonchev–Trinajstić information content (AvgIpc) is 3.21. The Morgan fingerprint density at radius 1 is 1.24 bits per heavy atom. The minimum Gasteiger partial charge on any atom is -0.481 e. The summed E-state index contributed by atoms with van der Waals surface area (Å²) in [6.07, 6.45) is 14.4. The van der Waals surface area contributed by atoms with Crippen LogP contribution in [0, 0.1) is 17.2 Å². The number of rotatable bonds is 10. The summed E-state index contributed by atoms with van der Waals surface area (Å²) in [5.74, 6) is 0.863. The maximum Gasteiger partial charge on any atom is 0.303 e. The van der Waals surface area contributed by atoms with E-state index in [1.165, 1.54) is 43.2 Å². The highest BCUT2D eigenvalue weighted by Crippen LogP contribution is 2.38. The van der Waals surface area contributed by atoms with Crippen molar-refractivity contribution in [3.05, 3.63) is 47.5 Å². The Hall–Kier alpha value is -2.08. The van der Waals surface area contributed by atoms with Gasteiger partial charge in [-0.25, -0.2) is 0 Å². The van der Waals surface area contributed by atoms with Crippen molar-refractivity contribution >= 4 is 5.97 Å². The van der Waals surface area contributed by atoms with Crippen LogP contribution in [0.25, 0.3) is 0 Å². The number of nitriles is 1. The van der Waals surface area contributed by atoms with E-state index < -0.39 is 5.97 Å². The van der Waals surface area contributed by atoms with Crippen LogP contribution in [0.15, 0.2) is 36.4 Å². The fraction of sp³-hybridized carbons (Fsp3) is 0.615. The molecule has 29 heavy (non-hydrogen) atoms. The summed E-state index contributed by atoms with van der Waals surface area (Å²) >= 11 is 0. The van der Waals surface area contributed by atoms with Crippen molar-refractivity contribution in [3.63, 3.8) is 0 Å². The largest absolute Gasteiger partial charge is 0.481 e. The predicted molar refractivity (Wildman–Crippen MR) is 121 cm³/mol. The summed E-state index contributed by atoms with van der Waals surface area (Å²) in [6, 6.07) is 11.6. The molecular weight excluding hydrogens is 358 g/mol. The second-order valence-corrected chi connectivity index (χ2v) is 8.25.